The van der Waals surface area contributed by atoms with Crippen LogP contribution in [-0.2, 0) is 0 Å². The Balaban J connectivity index is 1.78. The molecule has 7 rings (SSSR count). The van der Waals surface area contributed by atoms with Gasteiger partial charge in [-0.25, -0.2) is 0 Å². The van der Waals surface area contributed by atoms with E-state index in [4.69, 9.17) is 0 Å². The molecule has 0 unspecified atom stereocenters. The number of fused-ring (bicyclic) bond motifs is 4. The lowest BCUT2D eigenvalue weighted by molar-refractivity contribution is 1.48. The van der Waals surface area contributed by atoms with Crippen LogP contribution in [0.25, 0.3) is 66.1 Å². The number of nitrogens with zero attached hydrogens (tertiary/aromatic N) is 1. The Labute approximate surface area is 198 Å². The normalized spacial score (nSPS) is 11.5. The summed E-state index contributed by atoms with van der Waals surface area (Å²) < 4.78 is 0. The van der Waals surface area contributed by atoms with Crippen LogP contribution < -0.4 is 0 Å². The summed E-state index contributed by atoms with van der Waals surface area (Å²) in [5.74, 6) is 0. The molecule has 0 spiro atoms. The fourth-order valence-corrected chi connectivity index (χ4v) is 5.72. The van der Waals surface area contributed by atoms with Gasteiger partial charge in [-0.1, -0.05) is 109 Å². The average Bonchev–Trinajstić information content (AvgIpc) is 3.23. The maximum absolute atomic E-state index is 10.0. The van der Waals surface area contributed by atoms with E-state index in [0.717, 1.165) is 11.1 Å². The molecule has 0 heterocycles. The van der Waals surface area contributed by atoms with Crippen LogP contribution >= 0.6 is 0 Å². The molecule has 0 saturated heterocycles. The standard InChI is InChI=1S/C33H19N/c34-20-23-12-4-5-15-24(23)31-26-17-7-6-16-25(26)30(22-10-2-1-3-11-22)32-27-18-8-13-21-14-9-19-28(29(21)27)33(31)32/h1-19H. The minimum absolute atomic E-state index is 0.699. The molecule has 0 fully saturated rings. The third-order valence-corrected chi connectivity index (χ3v) is 7.04. The summed E-state index contributed by atoms with van der Waals surface area (Å²) in [7, 11) is 0. The molecule has 1 heteroatoms. The van der Waals surface area contributed by atoms with Crippen LogP contribution in [0.1, 0.15) is 5.56 Å². The second-order valence-electron chi connectivity index (χ2n) is 8.78. The molecular weight excluding hydrogens is 410 g/mol. The summed E-state index contributed by atoms with van der Waals surface area (Å²) in [6, 6.07) is 42.9. The van der Waals surface area contributed by atoms with Crippen molar-refractivity contribution in [3.8, 4) is 50.6 Å². The number of hydrogen-bond acceptors (Lipinski definition) is 1. The number of benzene rings is 6. The molecule has 0 N–H and O–H groups in total. The van der Waals surface area contributed by atoms with Gasteiger partial charge in [0.25, 0.3) is 0 Å². The first kappa shape index (κ1) is 18.9. The molecule has 0 atom stereocenters. The molecule has 0 aliphatic heterocycles. The average molecular weight is 430 g/mol. The van der Waals surface area contributed by atoms with Crippen LogP contribution in [0.4, 0.5) is 0 Å². The molecular formula is C33H19N. The van der Waals surface area contributed by atoms with Gasteiger partial charge in [-0.3, -0.25) is 0 Å². The largest absolute Gasteiger partial charge is 0.192 e. The first-order valence-electron chi connectivity index (χ1n) is 11.5. The molecule has 6 aromatic carbocycles. The van der Waals surface area contributed by atoms with Crippen LogP contribution in [0.2, 0.25) is 0 Å². The Bertz CT molecular complexity index is 1800. The Kier molecular flexibility index (Phi) is 3.98. The minimum atomic E-state index is 0.699. The van der Waals surface area contributed by atoms with Crippen molar-refractivity contribution in [2.24, 2.45) is 0 Å². The van der Waals surface area contributed by atoms with E-state index in [1.807, 2.05) is 18.2 Å². The molecule has 0 amide bonds. The number of hydrogen-bond donors (Lipinski definition) is 0. The summed E-state index contributed by atoms with van der Waals surface area (Å²) in [4.78, 5) is 0. The maximum atomic E-state index is 10.0. The predicted octanol–water partition coefficient (Wildman–Crippen LogP) is 8.85. The van der Waals surface area contributed by atoms with Gasteiger partial charge in [-0.05, 0) is 66.6 Å². The van der Waals surface area contributed by atoms with Crippen molar-refractivity contribution in [1.29, 1.82) is 5.26 Å². The Morgan fingerprint density at radius 2 is 1.00 bits per heavy atom. The quantitative estimate of drug-likeness (QED) is 0.269. The first-order chi connectivity index (χ1) is 16.9. The molecule has 0 radical (unpaired) electrons. The van der Waals surface area contributed by atoms with Gasteiger partial charge in [0.15, 0.2) is 0 Å². The molecule has 6 aromatic rings. The van der Waals surface area contributed by atoms with Crippen molar-refractivity contribution in [1.82, 2.24) is 0 Å². The molecule has 0 aromatic heterocycles. The van der Waals surface area contributed by atoms with E-state index < -0.39 is 0 Å². The number of nitriles is 1. The Morgan fingerprint density at radius 3 is 1.71 bits per heavy atom. The third-order valence-electron chi connectivity index (χ3n) is 7.04. The zero-order chi connectivity index (χ0) is 22.6. The molecule has 1 aliphatic carbocycles. The third kappa shape index (κ3) is 2.48. The van der Waals surface area contributed by atoms with Crippen LogP contribution in [-0.4, -0.2) is 0 Å². The molecule has 1 aliphatic rings. The Hall–Kier alpha value is -4.67. The lowest BCUT2D eigenvalue weighted by atomic mass is 9.82. The molecule has 156 valence electrons. The highest BCUT2D eigenvalue weighted by molar-refractivity contribution is 6.27. The van der Waals surface area contributed by atoms with Crippen LogP contribution in [0, 0.1) is 11.3 Å². The maximum Gasteiger partial charge on any atom is 0.0998 e. The SMILES string of the molecule is N#Cc1ccccc1-c1c2c(c(-c3ccccc3)c3ccccc13)-c1cccc3cccc-2c13. The summed E-state index contributed by atoms with van der Waals surface area (Å²) >= 11 is 0. The topological polar surface area (TPSA) is 23.8 Å². The van der Waals surface area contributed by atoms with Crippen molar-refractivity contribution < 1.29 is 0 Å². The highest BCUT2D eigenvalue weighted by atomic mass is 14.3. The fourth-order valence-electron chi connectivity index (χ4n) is 5.72. The first-order valence-corrected chi connectivity index (χ1v) is 11.5. The zero-order valence-corrected chi connectivity index (χ0v) is 18.4. The highest BCUT2D eigenvalue weighted by Gasteiger charge is 2.30. The number of rotatable bonds is 2. The van der Waals surface area contributed by atoms with E-state index in [-0.39, 0.29) is 0 Å². The summed E-state index contributed by atoms with van der Waals surface area (Å²) in [5, 5.41) is 14.9. The predicted molar refractivity (Wildman–Crippen MR) is 141 cm³/mol. The van der Waals surface area contributed by atoms with Crippen molar-refractivity contribution in [2.75, 3.05) is 0 Å². The van der Waals surface area contributed by atoms with Crippen LogP contribution in [0.15, 0.2) is 115 Å². The van der Waals surface area contributed by atoms with Crippen LogP contribution in [0.3, 0.4) is 0 Å². The second-order valence-corrected chi connectivity index (χ2v) is 8.78. The van der Waals surface area contributed by atoms with Gasteiger partial charge in [-0.15, -0.1) is 0 Å². The lowest BCUT2D eigenvalue weighted by Crippen LogP contribution is -1.95. The minimum Gasteiger partial charge on any atom is -0.192 e. The van der Waals surface area contributed by atoms with Gasteiger partial charge in [0.2, 0.25) is 0 Å². The smallest absolute Gasteiger partial charge is 0.0998 e. The Morgan fingerprint density at radius 1 is 0.441 bits per heavy atom. The van der Waals surface area contributed by atoms with E-state index in [1.54, 1.807) is 0 Å². The monoisotopic (exact) mass is 429 g/mol. The molecule has 0 bridgehead atoms. The van der Waals surface area contributed by atoms with Gasteiger partial charge in [-0.2, -0.15) is 5.26 Å². The van der Waals surface area contributed by atoms with Gasteiger partial charge in [0.1, 0.15) is 0 Å². The van der Waals surface area contributed by atoms with E-state index in [9.17, 15) is 5.26 Å². The summed E-state index contributed by atoms with van der Waals surface area (Å²) in [6.07, 6.45) is 0. The zero-order valence-electron chi connectivity index (χ0n) is 18.4. The van der Waals surface area contributed by atoms with Gasteiger partial charge >= 0.3 is 0 Å². The van der Waals surface area contributed by atoms with Gasteiger partial charge in [0, 0.05) is 5.56 Å². The van der Waals surface area contributed by atoms with E-state index in [1.165, 1.54) is 54.9 Å². The van der Waals surface area contributed by atoms with Crippen molar-refractivity contribution in [3.63, 3.8) is 0 Å². The lowest BCUT2D eigenvalue weighted by Gasteiger charge is -2.20. The highest BCUT2D eigenvalue weighted by Crippen LogP contribution is 2.57. The van der Waals surface area contributed by atoms with Crippen molar-refractivity contribution in [2.45, 2.75) is 0 Å². The van der Waals surface area contributed by atoms with Gasteiger partial charge in [0.05, 0.1) is 11.6 Å². The van der Waals surface area contributed by atoms with E-state index in [2.05, 4.69) is 103 Å². The van der Waals surface area contributed by atoms with Crippen LogP contribution in [0.5, 0.6) is 0 Å². The second kappa shape index (κ2) is 7.17. The molecule has 1 nitrogen and oxygen atoms in total. The van der Waals surface area contributed by atoms with Gasteiger partial charge < -0.3 is 0 Å². The van der Waals surface area contributed by atoms with Crippen molar-refractivity contribution in [3.05, 3.63) is 121 Å². The van der Waals surface area contributed by atoms with Crippen molar-refractivity contribution >= 4 is 21.5 Å². The summed E-state index contributed by atoms with van der Waals surface area (Å²) in [5.41, 5.74) is 10.3. The molecule has 0 saturated carbocycles. The summed E-state index contributed by atoms with van der Waals surface area (Å²) in [6.45, 7) is 0. The fraction of sp³-hybridized carbons (Fsp3) is 0. The van der Waals surface area contributed by atoms with E-state index in [0.29, 0.717) is 5.56 Å². The molecule has 34 heavy (non-hydrogen) atoms. The van der Waals surface area contributed by atoms with E-state index >= 15 is 0 Å².